The Morgan fingerprint density at radius 2 is 1.85 bits per heavy atom. The lowest BCUT2D eigenvalue weighted by Gasteiger charge is -2.33. The first-order valence-electron chi connectivity index (χ1n) is 7.70. The van der Waals surface area contributed by atoms with Crippen LogP contribution in [0, 0.1) is 11.7 Å². The van der Waals surface area contributed by atoms with E-state index in [0.29, 0.717) is 5.56 Å². The number of hydrogen-bond donors (Lipinski definition) is 1. The number of amides is 1. The number of carbonyl (C=O) groups is 1. The summed E-state index contributed by atoms with van der Waals surface area (Å²) in [5.74, 6) is -0.112. The summed E-state index contributed by atoms with van der Waals surface area (Å²) in [6, 6.07) is 6.85. The molecule has 1 fully saturated rings. The third-order valence-corrected chi connectivity index (χ3v) is 4.57. The number of halogens is 1. The first-order valence-corrected chi connectivity index (χ1v) is 7.70. The van der Waals surface area contributed by atoms with Crippen molar-refractivity contribution < 1.29 is 9.18 Å². The molecule has 2 rings (SSSR count). The molecule has 3 heteroatoms. The highest BCUT2D eigenvalue weighted by Crippen LogP contribution is 2.40. The molecule has 0 aromatic heterocycles. The van der Waals surface area contributed by atoms with Crippen molar-refractivity contribution in [2.24, 2.45) is 5.92 Å². The standard InChI is InChI=1S/C17H24FNO/c1-3-13(4-2)16(20)19-17(11-7-8-12-17)14-9-5-6-10-15(14)18/h5-6,9-10,13H,3-4,7-8,11-12H2,1-2H3,(H,19,20). The zero-order valence-corrected chi connectivity index (χ0v) is 12.4. The van der Waals surface area contributed by atoms with Crippen LogP contribution in [0.3, 0.4) is 0 Å². The molecule has 0 bridgehead atoms. The normalized spacial score (nSPS) is 17.4. The summed E-state index contributed by atoms with van der Waals surface area (Å²) < 4.78 is 14.2. The Hall–Kier alpha value is -1.38. The van der Waals surface area contributed by atoms with Crippen LogP contribution in [-0.2, 0) is 10.3 Å². The summed E-state index contributed by atoms with van der Waals surface area (Å²) >= 11 is 0. The Kier molecular flexibility index (Phi) is 4.79. The maximum atomic E-state index is 14.2. The highest BCUT2D eigenvalue weighted by Gasteiger charge is 2.39. The lowest BCUT2D eigenvalue weighted by atomic mass is 9.86. The molecule has 0 heterocycles. The molecule has 0 spiro atoms. The Labute approximate surface area is 120 Å². The Bertz CT molecular complexity index is 462. The Morgan fingerprint density at radius 1 is 1.25 bits per heavy atom. The summed E-state index contributed by atoms with van der Waals surface area (Å²) in [4.78, 5) is 12.4. The van der Waals surface area contributed by atoms with Crippen LogP contribution in [0.15, 0.2) is 24.3 Å². The minimum Gasteiger partial charge on any atom is -0.346 e. The summed E-state index contributed by atoms with van der Waals surface area (Å²) in [5.41, 5.74) is 0.155. The zero-order valence-electron chi connectivity index (χ0n) is 12.4. The van der Waals surface area contributed by atoms with Crippen molar-refractivity contribution in [3.63, 3.8) is 0 Å². The number of benzene rings is 1. The molecule has 0 aliphatic heterocycles. The molecular weight excluding hydrogens is 253 g/mol. The number of carbonyl (C=O) groups excluding carboxylic acids is 1. The molecular formula is C17H24FNO. The third-order valence-electron chi connectivity index (χ3n) is 4.57. The zero-order chi connectivity index (χ0) is 14.6. The minimum atomic E-state index is -0.495. The smallest absolute Gasteiger partial charge is 0.223 e. The van der Waals surface area contributed by atoms with Crippen molar-refractivity contribution >= 4 is 5.91 Å². The largest absolute Gasteiger partial charge is 0.346 e. The lowest BCUT2D eigenvalue weighted by Crippen LogP contribution is -2.46. The lowest BCUT2D eigenvalue weighted by molar-refractivity contribution is -0.127. The Morgan fingerprint density at radius 3 is 2.40 bits per heavy atom. The maximum absolute atomic E-state index is 14.2. The van der Waals surface area contributed by atoms with Crippen LogP contribution in [0.5, 0.6) is 0 Å². The van der Waals surface area contributed by atoms with Crippen LogP contribution in [0.25, 0.3) is 0 Å². The van der Waals surface area contributed by atoms with Gasteiger partial charge >= 0.3 is 0 Å². The third kappa shape index (κ3) is 2.87. The predicted molar refractivity (Wildman–Crippen MR) is 78.8 cm³/mol. The molecule has 1 aliphatic rings. The second kappa shape index (κ2) is 6.38. The monoisotopic (exact) mass is 277 g/mol. The fourth-order valence-corrected chi connectivity index (χ4v) is 3.29. The molecule has 1 aromatic rings. The molecule has 2 nitrogen and oxygen atoms in total. The summed E-state index contributed by atoms with van der Waals surface area (Å²) in [6.45, 7) is 4.05. The number of rotatable bonds is 5. The topological polar surface area (TPSA) is 29.1 Å². The molecule has 0 saturated heterocycles. The fraction of sp³-hybridized carbons (Fsp3) is 0.588. The quantitative estimate of drug-likeness (QED) is 0.860. The molecule has 110 valence electrons. The van der Waals surface area contributed by atoms with E-state index in [1.165, 1.54) is 6.07 Å². The second-order valence-electron chi connectivity index (χ2n) is 5.77. The van der Waals surface area contributed by atoms with Gasteiger partial charge in [-0.2, -0.15) is 0 Å². The minimum absolute atomic E-state index is 0.0271. The van der Waals surface area contributed by atoms with E-state index in [4.69, 9.17) is 0 Å². The average Bonchev–Trinajstić information content (AvgIpc) is 2.90. The van der Waals surface area contributed by atoms with Gasteiger partial charge in [0.2, 0.25) is 5.91 Å². The van der Waals surface area contributed by atoms with E-state index < -0.39 is 5.54 Å². The molecule has 1 aromatic carbocycles. The van der Waals surface area contributed by atoms with Crippen LogP contribution in [0.2, 0.25) is 0 Å². The predicted octanol–water partition coefficient (Wildman–Crippen LogP) is 4.15. The molecule has 0 unspecified atom stereocenters. The first-order chi connectivity index (χ1) is 9.63. The van der Waals surface area contributed by atoms with Crippen LogP contribution in [0.1, 0.15) is 57.9 Å². The van der Waals surface area contributed by atoms with Crippen molar-refractivity contribution in [2.75, 3.05) is 0 Å². The van der Waals surface area contributed by atoms with Crippen molar-refractivity contribution in [2.45, 2.75) is 57.9 Å². The van der Waals surface area contributed by atoms with E-state index in [0.717, 1.165) is 38.5 Å². The van der Waals surface area contributed by atoms with E-state index in [-0.39, 0.29) is 17.6 Å². The van der Waals surface area contributed by atoms with E-state index >= 15 is 0 Å². The van der Waals surface area contributed by atoms with Gasteiger partial charge in [0.05, 0.1) is 5.54 Å². The van der Waals surface area contributed by atoms with Crippen molar-refractivity contribution in [1.82, 2.24) is 5.32 Å². The first kappa shape index (κ1) is 15.0. The average molecular weight is 277 g/mol. The van der Waals surface area contributed by atoms with Crippen LogP contribution >= 0.6 is 0 Å². The highest BCUT2D eigenvalue weighted by atomic mass is 19.1. The van der Waals surface area contributed by atoms with Gasteiger partial charge in [0.15, 0.2) is 0 Å². The molecule has 1 aliphatic carbocycles. The fourth-order valence-electron chi connectivity index (χ4n) is 3.29. The number of hydrogen-bond acceptors (Lipinski definition) is 1. The van der Waals surface area contributed by atoms with E-state index in [1.54, 1.807) is 6.07 Å². The SMILES string of the molecule is CCC(CC)C(=O)NC1(c2ccccc2F)CCCC1. The van der Waals surface area contributed by atoms with Crippen molar-refractivity contribution in [1.29, 1.82) is 0 Å². The van der Waals surface area contributed by atoms with Crippen molar-refractivity contribution in [3.05, 3.63) is 35.6 Å². The number of nitrogens with one attached hydrogen (secondary N) is 1. The molecule has 1 amide bonds. The molecule has 1 saturated carbocycles. The van der Waals surface area contributed by atoms with Crippen LogP contribution in [-0.4, -0.2) is 5.91 Å². The van der Waals surface area contributed by atoms with Crippen LogP contribution < -0.4 is 5.32 Å². The summed E-state index contributed by atoms with van der Waals surface area (Å²) in [5, 5.41) is 3.17. The molecule has 1 N–H and O–H groups in total. The van der Waals surface area contributed by atoms with Crippen LogP contribution in [0.4, 0.5) is 4.39 Å². The van der Waals surface area contributed by atoms with Gasteiger partial charge in [-0.05, 0) is 31.7 Å². The van der Waals surface area contributed by atoms with E-state index in [2.05, 4.69) is 5.32 Å². The molecule has 20 heavy (non-hydrogen) atoms. The van der Waals surface area contributed by atoms with E-state index in [9.17, 15) is 9.18 Å². The maximum Gasteiger partial charge on any atom is 0.223 e. The summed E-state index contributed by atoms with van der Waals surface area (Å²) in [6.07, 6.45) is 5.40. The highest BCUT2D eigenvalue weighted by molar-refractivity contribution is 5.79. The van der Waals surface area contributed by atoms with Gasteiger partial charge in [-0.1, -0.05) is 44.9 Å². The van der Waals surface area contributed by atoms with Gasteiger partial charge in [-0.3, -0.25) is 4.79 Å². The Balaban J connectivity index is 2.27. The second-order valence-corrected chi connectivity index (χ2v) is 5.77. The molecule has 0 radical (unpaired) electrons. The van der Waals surface area contributed by atoms with Gasteiger partial charge in [-0.15, -0.1) is 0 Å². The van der Waals surface area contributed by atoms with Gasteiger partial charge in [0.25, 0.3) is 0 Å². The van der Waals surface area contributed by atoms with Gasteiger partial charge in [-0.25, -0.2) is 4.39 Å². The van der Waals surface area contributed by atoms with Gasteiger partial charge in [0.1, 0.15) is 5.82 Å². The van der Waals surface area contributed by atoms with Crippen molar-refractivity contribution in [3.8, 4) is 0 Å². The molecule has 0 atom stereocenters. The van der Waals surface area contributed by atoms with Gasteiger partial charge < -0.3 is 5.32 Å². The summed E-state index contributed by atoms with van der Waals surface area (Å²) in [7, 11) is 0. The van der Waals surface area contributed by atoms with Gasteiger partial charge in [0, 0.05) is 11.5 Å². The van der Waals surface area contributed by atoms with E-state index in [1.807, 2.05) is 26.0 Å².